The first kappa shape index (κ1) is 11.0. The Balaban J connectivity index is 2.12. The molecule has 0 aromatic heterocycles. The number of aliphatic hydroxyl groups is 1. The van der Waals surface area contributed by atoms with Gasteiger partial charge in [-0.3, -0.25) is 14.5 Å². The average molecular weight is 229 g/mol. The molecule has 15 heavy (non-hydrogen) atoms. The molecule has 2 unspecified atom stereocenters. The molecule has 1 aliphatic carbocycles. The van der Waals surface area contributed by atoms with Crippen LogP contribution in [0.4, 0.5) is 0 Å². The van der Waals surface area contributed by atoms with Gasteiger partial charge in [0.25, 0.3) is 0 Å². The van der Waals surface area contributed by atoms with Crippen LogP contribution in [-0.4, -0.2) is 45.5 Å². The normalized spacial score (nSPS) is 33.3. The Kier molecular flexibility index (Phi) is 3.31. The monoisotopic (exact) mass is 229 g/mol. The van der Waals surface area contributed by atoms with Gasteiger partial charge in [0.15, 0.2) is 0 Å². The second-order valence-corrected chi connectivity index (χ2v) is 5.06. The quantitative estimate of drug-likeness (QED) is 0.661. The largest absolute Gasteiger partial charge is 0.391 e. The average Bonchev–Trinajstić information content (AvgIpc) is 2.20. The van der Waals surface area contributed by atoms with Crippen LogP contribution in [0.15, 0.2) is 0 Å². The lowest BCUT2D eigenvalue weighted by molar-refractivity contribution is -0.149. The molecule has 0 aromatic carbocycles. The van der Waals surface area contributed by atoms with E-state index in [9.17, 15) is 14.7 Å². The minimum atomic E-state index is -0.519. The molecule has 2 rings (SSSR count). The predicted octanol–water partition coefficient (Wildman–Crippen LogP) is 0.392. The van der Waals surface area contributed by atoms with Gasteiger partial charge in [0.05, 0.1) is 23.7 Å². The standard InChI is InChI=1S/C10H15NO3S/c12-8-4-2-1-3-7(8)11-9(13)5-15-6-10(11)14/h7-8,12H,1-6H2. The first-order valence-electron chi connectivity index (χ1n) is 5.31. The van der Waals surface area contributed by atoms with Crippen molar-refractivity contribution >= 4 is 23.6 Å². The number of imide groups is 1. The Bertz CT molecular complexity index is 266. The van der Waals surface area contributed by atoms with E-state index < -0.39 is 6.10 Å². The Morgan fingerprint density at radius 1 is 1.13 bits per heavy atom. The van der Waals surface area contributed by atoms with Gasteiger partial charge in [0.2, 0.25) is 11.8 Å². The number of carbonyl (C=O) groups is 2. The van der Waals surface area contributed by atoms with Gasteiger partial charge in [-0.1, -0.05) is 12.8 Å². The maximum Gasteiger partial charge on any atom is 0.239 e. The first-order valence-corrected chi connectivity index (χ1v) is 6.46. The van der Waals surface area contributed by atoms with Crippen molar-refractivity contribution in [1.29, 1.82) is 0 Å². The zero-order chi connectivity index (χ0) is 10.8. The molecule has 2 aliphatic rings. The number of aliphatic hydroxyl groups excluding tert-OH is 1. The van der Waals surface area contributed by atoms with Crippen LogP contribution in [0.3, 0.4) is 0 Å². The Morgan fingerprint density at radius 3 is 2.33 bits per heavy atom. The van der Waals surface area contributed by atoms with Crippen molar-refractivity contribution in [1.82, 2.24) is 4.90 Å². The van der Waals surface area contributed by atoms with Crippen LogP contribution in [0.5, 0.6) is 0 Å². The van der Waals surface area contributed by atoms with E-state index in [0.717, 1.165) is 19.3 Å². The SMILES string of the molecule is O=C1CSCC(=O)N1C1CCCCC1O. The zero-order valence-corrected chi connectivity index (χ0v) is 9.33. The lowest BCUT2D eigenvalue weighted by atomic mass is 9.91. The molecular weight excluding hydrogens is 214 g/mol. The van der Waals surface area contributed by atoms with Crippen molar-refractivity contribution in [2.75, 3.05) is 11.5 Å². The van der Waals surface area contributed by atoms with E-state index in [1.54, 1.807) is 0 Å². The first-order chi connectivity index (χ1) is 7.20. The molecule has 0 spiro atoms. The van der Waals surface area contributed by atoms with Crippen LogP contribution in [-0.2, 0) is 9.59 Å². The van der Waals surface area contributed by atoms with E-state index in [-0.39, 0.29) is 17.9 Å². The summed E-state index contributed by atoms with van der Waals surface area (Å²) in [4.78, 5) is 24.6. The van der Waals surface area contributed by atoms with E-state index in [4.69, 9.17) is 0 Å². The van der Waals surface area contributed by atoms with Crippen molar-refractivity contribution in [2.24, 2.45) is 0 Å². The highest BCUT2D eigenvalue weighted by atomic mass is 32.2. The number of carbonyl (C=O) groups excluding carboxylic acids is 2. The lowest BCUT2D eigenvalue weighted by Crippen LogP contribution is -2.54. The number of nitrogens with zero attached hydrogens (tertiary/aromatic N) is 1. The smallest absolute Gasteiger partial charge is 0.239 e. The minimum absolute atomic E-state index is 0.137. The topological polar surface area (TPSA) is 57.6 Å². The highest BCUT2D eigenvalue weighted by Crippen LogP contribution is 2.26. The summed E-state index contributed by atoms with van der Waals surface area (Å²) in [6.45, 7) is 0. The molecule has 1 aliphatic heterocycles. The predicted molar refractivity (Wildman–Crippen MR) is 57.4 cm³/mol. The summed E-state index contributed by atoms with van der Waals surface area (Å²) in [7, 11) is 0. The molecule has 84 valence electrons. The Labute approximate surface area is 93.0 Å². The van der Waals surface area contributed by atoms with Crippen molar-refractivity contribution in [2.45, 2.75) is 37.8 Å². The van der Waals surface area contributed by atoms with Gasteiger partial charge in [0, 0.05) is 0 Å². The fourth-order valence-corrected chi connectivity index (χ4v) is 3.00. The fraction of sp³-hybridized carbons (Fsp3) is 0.800. The molecule has 1 saturated carbocycles. The van der Waals surface area contributed by atoms with Crippen LogP contribution in [0, 0.1) is 0 Å². The fourth-order valence-electron chi connectivity index (χ4n) is 2.27. The number of hydrogen-bond acceptors (Lipinski definition) is 4. The van der Waals surface area contributed by atoms with Gasteiger partial charge in [-0.2, -0.15) is 0 Å². The maximum absolute atomic E-state index is 11.6. The number of amides is 2. The van der Waals surface area contributed by atoms with E-state index in [1.165, 1.54) is 16.7 Å². The number of thioether (sulfide) groups is 1. The zero-order valence-electron chi connectivity index (χ0n) is 8.52. The van der Waals surface area contributed by atoms with Crippen molar-refractivity contribution < 1.29 is 14.7 Å². The van der Waals surface area contributed by atoms with Crippen LogP contribution in [0.25, 0.3) is 0 Å². The molecule has 1 heterocycles. The van der Waals surface area contributed by atoms with E-state index in [2.05, 4.69) is 0 Å². The van der Waals surface area contributed by atoms with Crippen molar-refractivity contribution in [3.8, 4) is 0 Å². The van der Waals surface area contributed by atoms with Crippen molar-refractivity contribution in [3.05, 3.63) is 0 Å². The highest BCUT2D eigenvalue weighted by molar-refractivity contribution is 8.00. The summed E-state index contributed by atoms with van der Waals surface area (Å²) in [5.74, 6) is 0.466. The lowest BCUT2D eigenvalue weighted by Gasteiger charge is -2.37. The number of rotatable bonds is 1. The van der Waals surface area contributed by atoms with Gasteiger partial charge in [-0.15, -0.1) is 11.8 Å². The number of hydrogen-bond donors (Lipinski definition) is 1. The van der Waals surface area contributed by atoms with Gasteiger partial charge in [-0.25, -0.2) is 0 Å². The van der Waals surface area contributed by atoms with Gasteiger partial charge >= 0.3 is 0 Å². The molecular formula is C10H15NO3S. The summed E-state index contributed by atoms with van der Waals surface area (Å²) in [5, 5.41) is 9.80. The second kappa shape index (κ2) is 4.53. The molecule has 1 saturated heterocycles. The molecule has 0 bridgehead atoms. The third-order valence-corrected chi connectivity index (χ3v) is 3.92. The highest BCUT2D eigenvalue weighted by Gasteiger charge is 2.37. The summed E-state index contributed by atoms with van der Waals surface area (Å²) in [5.41, 5.74) is 0. The van der Waals surface area contributed by atoms with Crippen LogP contribution < -0.4 is 0 Å². The van der Waals surface area contributed by atoms with Gasteiger partial charge in [-0.05, 0) is 12.8 Å². The van der Waals surface area contributed by atoms with E-state index >= 15 is 0 Å². The van der Waals surface area contributed by atoms with Crippen molar-refractivity contribution in [3.63, 3.8) is 0 Å². The summed E-state index contributed by atoms with van der Waals surface area (Å²) >= 11 is 1.36. The molecule has 2 fully saturated rings. The summed E-state index contributed by atoms with van der Waals surface area (Å²) < 4.78 is 0. The van der Waals surface area contributed by atoms with Crippen LogP contribution in [0.1, 0.15) is 25.7 Å². The van der Waals surface area contributed by atoms with E-state index in [0.29, 0.717) is 17.9 Å². The maximum atomic E-state index is 11.6. The summed E-state index contributed by atoms with van der Waals surface area (Å²) in [6.07, 6.45) is 2.92. The van der Waals surface area contributed by atoms with Crippen LogP contribution in [0.2, 0.25) is 0 Å². The van der Waals surface area contributed by atoms with E-state index in [1.807, 2.05) is 0 Å². The molecule has 0 aromatic rings. The minimum Gasteiger partial charge on any atom is -0.391 e. The molecule has 0 radical (unpaired) electrons. The Hall–Kier alpha value is -0.550. The van der Waals surface area contributed by atoms with Gasteiger partial charge in [0.1, 0.15) is 0 Å². The summed E-state index contributed by atoms with van der Waals surface area (Å²) in [6, 6.07) is -0.264. The molecule has 5 heteroatoms. The second-order valence-electron chi connectivity index (χ2n) is 4.07. The molecule has 4 nitrogen and oxygen atoms in total. The Morgan fingerprint density at radius 2 is 1.73 bits per heavy atom. The molecule has 2 amide bonds. The molecule has 2 atom stereocenters. The molecule has 1 N–H and O–H groups in total. The van der Waals surface area contributed by atoms with Crippen LogP contribution >= 0.6 is 11.8 Å². The third-order valence-electron chi connectivity index (χ3n) is 3.01. The van der Waals surface area contributed by atoms with Gasteiger partial charge < -0.3 is 5.11 Å². The third kappa shape index (κ3) is 2.18.